The summed E-state index contributed by atoms with van der Waals surface area (Å²) in [4.78, 5) is 35.7. The molecule has 258 valence electrons. The summed E-state index contributed by atoms with van der Waals surface area (Å²) < 4.78 is 12.6. The number of rotatable bonds is 12. The lowest BCUT2D eigenvalue weighted by Gasteiger charge is -2.23. The van der Waals surface area contributed by atoms with E-state index in [1.54, 1.807) is 16.7 Å². The molecule has 2 heterocycles. The number of oxazole rings is 1. The van der Waals surface area contributed by atoms with E-state index in [9.17, 15) is 29.7 Å². The fourth-order valence-corrected chi connectivity index (χ4v) is 5.77. The zero-order valence-corrected chi connectivity index (χ0v) is 26.2. The van der Waals surface area contributed by atoms with Gasteiger partial charge in [-0.3, -0.25) is 24.1 Å². The number of aliphatic hydroxyl groups is 1. The summed E-state index contributed by atoms with van der Waals surface area (Å²) in [6.45, 7) is 0.823. The van der Waals surface area contributed by atoms with Crippen molar-refractivity contribution in [2.75, 3.05) is 23.8 Å². The summed E-state index contributed by atoms with van der Waals surface area (Å²) in [5.74, 6) is -0.727. The maximum Gasteiger partial charge on any atom is 0.419 e. The van der Waals surface area contributed by atoms with Crippen LogP contribution in [0.2, 0.25) is 0 Å². The summed E-state index contributed by atoms with van der Waals surface area (Å²) in [6, 6.07) is 23.8. The molecular weight excluding hydrogens is 642 g/mol. The van der Waals surface area contributed by atoms with E-state index >= 15 is 0 Å². The number of aliphatic hydroxyl groups excluding tert-OH is 1. The smallest absolute Gasteiger partial charge is 0.419 e. The number of phenols is 1. The van der Waals surface area contributed by atoms with Crippen molar-refractivity contribution < 1.29 is 43.5 Å². The molecule has 0 spiro atoms. The van der Waals surface area contributed by atoms with Crippen LogP contribution in [0.15, 0.2) is 88.1 Å². The molecule has 1 aliphatic heterocycles. The lowest BCUT2D eigenvalue weighted by atomic mass is 9.99. The first-order valence-electron chi connectivity index (χ1n) is 15.2. The maximum atomic E-state index is 12.7. The topological polar surface area (TPSA) is 175 Å². The minimum atomic E-state index is -1.12. The summed E-state index contributed by atoms with van der Waals surface area (Å²) in [7, 11) is 0. The average molecular weight is 679 g/mol. The highest BCUT2D eigenvalue weighted by Crippen LogP contribution is 2.41. The first-order chi connectivity index (χ1) is 22.8. The van der Waals surface area contributed by atoms with Crippen LogP contribution in [0.3, 0.4) is 0 Å². The van der Waals surface area contributed by atoms with Gasteiger partial charge < -0.3 is 35.1 Å². The molecule has 0 saturated carbocycles. The number of unbranched alkanes of at least 4 members (excludes halogenated alkanes) is 1. The number of carboxylic acid groups (broad SMARTS) is 1. The first kappa shape index (κ1) is 36.1. The minimum absolute atomic E-state index is 0. The number of carbonyl (C=O) groups is 2. The van der Waals surface area contributed by atoms with E-state index in [1.165, 1.54) is 6.07 Å². The first-order valence-corrected chi connectivity index (χ1v) is 15.2. The van der Waals surface area contributed by atoms with Gasteiger partial charge in [0.1, 0.15) is 11.4 Å². The molecular formula is C35H36F2N4O8. The van der Waals surface area contributed by atoms with E-state index in [4.69, 9.17) is 9.15 Å². The molecule has 6 rings (SSSR count). The standard InChI is InChI=1S/C35H34N4O8.2FH/c40-28-14-12-25(33-32(28)38-31(42)20-46-33)29(41)19-36-18-22-10-13-27-30(17-22)47-35(45)39(27)15-5-4-6-21-9-11-24(23-7-2-1-3-8-23)26(16-21)37-34(43)44;;/h1-3,7-14,16-17,29,36-37,40-41H,4-6,15,18-20H2,(H,38,42)(H,43,44);2*1H/t29-;;/m0../s1. The molecule has 0 fully saturated rings. The Balaban J connectivity index is 0.00000270. The highest BCUT2D eigenvalue weighted by Gasteiger charge is 2.25. The molecule has 4 aromatic carbocycles. The van der Waals surface area contributed by atoms with Crippen molar-refractivity contribution in [3.8, 4) is 22.6 Å². The van der Waals surface area contributed by atoms with Crippen LogP contribution in [0.5, 0.6) is 11.5 Å². The third kappa shape index (κ3) is 8.23. The van der Waals surface area contributed by atoms with E-state index in [2.05, 4.69) is 16.0 Å². The number of anilines is 2. The molecule has 49 heavy (non-hydrogen) atoms. The van der Waals surface area contributed by atoms with Crippen molar-refractivity contribution in [3.63, 3.8) is 0 Å². The Morgan fingerprint density at radius 2 is 1.73 bits per heavy atom. The van der Waals surface area contributed by atoms with E-state index in [-0.39, 0.29) is 45.7 Å². The van der Waals surface area contributed by atoms with Gasteiger partial charge in [-0.25, -0.2) is 9.59 Å². The van der Waals surface area contributed by atoms with Gasteiger partial charge in [-0.2, -0.15) is 0 Å². The van der Waals surface area contributed by atoms with Crippen molar-refractivity contribution in [2.45, 2.75) is 38.5 Å². The van der Waals surface area contributed by atoms with Crippen LogP contribution in [-0.4, -0.2) is 45.0 Å². The molecule has 0 saturated heterocycles. The largest absolute Gasteiger partial charge is 0.506 e. The number of hydrogen-bond donors (Lipinski definition) is 6. The van der Waals surface area contributed by atoms with Crippen LogP contribution >= 0.6 is 0 Å². The number of halogens is 2. The second-order valence-corrected chi connectivity index (χ2v) is 11.3. The molecule has 1 aliphatic rings. The van der Waals surface area contributed by atoms with E-state index in [0.717, 1.165) is 28.7 Å². The van der Waals surface area contributed by atoms with Gasteiger partial charge in [0.05, 0.1) is 17.3 Å². The van der Waals surface area contributed by atoms with Gasteiger partial charge in [0.15, 0.2) is 17.9 Å². The number of hydrogen-bond acceptors (Lipinski definition) is 8. The minimum Gasteiger partial charge on any atom is -0.506 e. The van der Waals surface area contributed by atoms with Crippen LogP contribution in [0.25, 0.3) is 22.2 Å². The number of aromatic hydroxyl groups is 1. The van der Waals surface area contributed by atoms with E-state index in [0.29, 0.717) is 48.3 Å². The lowest BCUT2D eigenvalue weighted by molar-refractivity contribution is -0.118. The fourth-order valence-electron chi connectivity index (χ4n) is 5.77. The third-order valence-electron chi connectivity index (χ3n) is 8.04. The average Bonchev–Trinajstić information content (AvgIpc) is 3.37. The predicted octanol–water partition coefficient (Wildman–Crippen LogP) is 5.54. The molecule has 0 unspecified atom stereocenters. The third-order valence-corrected chi connectivity index (χ3v) is 8.04. The van der Waals surface area contributed by atoms with Crippen molar-refractivity contribution in [2.24, 2.45) is 0 Å². The van der Waals surface area contributed by atoms with Gasteiger partial charge in [-0.15, -0.1) is 0 Å². The summed E-state index contributed by atoms with van der Waals surface area (Å²) >= 11 is 0. The highest BCUT2D eigenvalue weighted by atomic mass is 19.0. The van der Waals surface area contributed by atoms with Gasteiger partial charge in [-0.05, 0) is 66.3 Å². The number of phenolic OH excluding ortho intramolecular Hbond substituents is 1. The van der Waals surface area contributed by atoms with Crippen LogP contribution in [0.1, 0.15) is 35.6 Å². The predicted molar refractivity (Wildman–Crippen MR) is 181 cm³/mol. The molecule has 12 nitrogen and oxygen atoms in total. The van der Waals surface area contributed by atoms with Gasteiger partial charge in [0.2, 0.25) is 0 Å². The quantitative estimate of drug-likeness (QED) is 0.0731. The second-order valence-electron chi connectivity index (χ2n) is 11.3. The zero-order chi connectivity index (χ0) is 32.9. The van der Waals surface area contributed by atoms with E-state index < -0.39 is 18.0 Å². The Hall–Kier alpha value is -5.73. The number of aromatic nitrogens is 1. The number of benzene rings is 4. The number of ether oxygens (including phenoxy) is 1. The number of nitrogens with zero attached hydrogens (tertiary/aromatic N) is 1. The fraction of sp³-hybridized carbons (Fsp3) is 0.229. The van der Waals surface area contributed by atoms with Gasteiger partial charge in [0.25, 0.3) is 5.91 Å². The summed E-state index contributed by atoms with van der Waals surface area (Å²) in [5, 5.41) is 38.4. The molecule has 0 bridgehead atoms. The van der Waals surface area contributed by atoms with Crippen LogP contribution in [-0.2, 0) is 24.3 Å². The van der Waals surface area contributed by atoms with Crippen molar-refractivity contribution >= 4 is 34.5 Å². The Morgan fingerprint density at radius 3 is 2.51 bits per heavy atom. The molecule has 14 heteroatoms. The maximum absolute atomic E-state index is 12.7. The molecule has 0 aliphatic carbocycles. The van der Waals surface area contributed by atoms with Crippen molar-refractivity contribution in [1.82, 2.24) is 9.88 Å². The van der Waals surface area contributed by atoms with E-state index in [1.807, 2.05) is 60.7 Å². The molecule has 5 aromatic rings. The number of amides is 2. The van der Waals surface area contributed by atoms with Crippen molar-refractivity contribution in [1.29, 1.82) is 0 Å². The van der Waals surface area contributed by atoms with Crippen molar-refractivity contribution in [3.05, 3.63) is 106 Å². The number of carbonyl (C=O) groups excluding carboxylic acids is 1. The van der Waals surface area contributed by atoms with Crippen LogP contribution in [0, 0.1) is 0 Å². The normalized spacial score (nSPS) is 12.6. The van der Waals surface area contributed by atoms with Gasteiger partial charge in [0, 0.05) is 30.8 Å². The SMILES string of the molecule is F.F.O=C(O)Nc1cc(CCCCn2c(=O)oc3cc(CNC[C@H](O)c4ccc(O)c5c4OCC(=O)N5)ccc32)ccc1-c1ccccc1. The van der Waals surface area contributed by atoms with Crippen LogP contribution in [0.4, 0.5) is 25.6 Å². The number of aryl methyl sites for hydroxylation is 2. The number of nitrogens with one attached hydrogen (secondary N) is 3. The van der Waals surface area contributed by atoms with Gasteiger partial charge in [-0.1, -0.05) is 48.5 Å². The highest BCUT2D eigenvalue weighted by molar-refractivity contribution is 5.97. The molecule has 2 amide bonds. The summed E-state index contributed by atoms with van der Waals surface area (Å²) in [6.07, 6.45) is 0.114. The molecule has 1 atom stereocenters. The summed E-state index contributed by atoms with van der Waals surface area (Å²) in [5.41, 5.74) is 5.83. The Kier molecular flexibility index (Phi) is 11.7. The molecule has 0 radical (unpaired) electrons. The molecule has 6 N–H and O–H groups in total. The van der Waals surface area contributed by atoms with Gasteiger partial charge >= 0.3 is 11.8 Å². The Bertz CT molecular complexity index is 2000. The monoisotopic (exact) mass is 678 g/mol. The Labute approximate surface area is 278 Å². The Morgan fingerprint density at radius 1 is 0.959 bits per heavy atom. The van der Waals surface area contributed by atoms with Crippen LogP contribution < -0.4 is 26.4 Å². The zero-order valence-electron chi connectivity index (χ0n) is 26.2. The number of fused-ring (bicyclic) bond motifs is 2. The lowest BCUT2D eigenvalue weighted by Crippen LogP contribution is -2.27. The molecule has 1 aromatic heterocycles. The second kappa shape index (κ2) is 15.9.